The van der Waals surface area contributed by atoms with E-state index in [-0.39, 0.29) is 5.95 Å². The molecule has 44 heavy (non-hydrogen) atoms. The standard InChI is InChI=1S/C34H42N10/c1-3-30(43-17-15-28(16-18-43)42-21-19-41(2)20-22-42)25-11-13-27(14-12-25)36-34-37-33(35)44(40-34)31-23-26-9-6-8-24-7-4-5-10-29(24)32(26)39-38-31/h3-5,7,10-14,23,28H,6,8-9,15-22H2,1-2H3,(H3,35,36,37,40)/b30-3+. The second kappa shape index (κ2) is 12.4. The zero-order chi connectivity index (χ0) is 30.0. The molecule has 10 nitrogen and oxygen atoms in total. The Morgan fingerprint density at radius 1 is 0.909 bits per heavy atom. The molecule has 7 rings (SSSR count). The van der Waals surface area contributed by atoms with Crippen LogP contribution in [0.15, 0.2) is 60.7 Å². The molecule has 2 aromatic carbocycles. The Kier molecular flexibility index (Phi) is 8.01. The number of rotatable bonds is 6. The van der Waals surface area contributed by atoms with Gasteiger partial charge in [-0.1, -0.05) is 42.5 Å². The van der Waals surface area contributed by atoms with Gasteiger partial charge in [0.05, 0.1) is 5.69 Å². The highest BCUT2D eigenvalue weighted by Crippen LogP contribution is 2.32. The maximum absolute atomic E-state index is 6.30. The van der Waals surface area contributed by atoms with Crippen LogP contribution < -0.4 is 11.1 Å². The summed E-state index contributed by atoms with van der Waals surface area (Å²) in [5.41, 5.74) is 14.3. The quantitative estimate of drug-likeness (QED) is 0.333. The van der Waals surface area contributed by atoms with Gasteiger partial charge < -0.3 is 20.9 Å². The second-order valence-corrected chi connectivity index (χ2v) is 12.2. The van der Waals surface area contributed by atoms with Crippen molar-refractivity contribution in [3.8, 4) is 17.1 Å². The van der Waals surface area contributed by atoms with E-state index in [1.54, 1.807) is 4.68 Å². The Morgan fingerprint density at radius 3 is 2.43 bits per heavy atom. The van der Waals surface area contributed by atoms with Gasteiger partial charge in [-0.15, -0.1) is 15.3 Å². The molecule has 2 fully saturated rings. The summed E-state index contributed by atoms with van der Waals surface area (Å²) in [4.78, 5) is 12.1. The third-order valence-corrected chi connectivity index (χ3v) is 9.44. The molecule has 0 atom stereocenters. The lowest BCUT2D eigenvalue weighted by atomic mass is 10.00. The van der Waals surface area contributed by atoms with Crippen molar-refractivity contribution in [1.29, 1.82) is 0 Å². The van der Waals surface area contributed by atoms with Crippen LogP contribution >= 0.6 is 0 Å². The van der Waals surface area contributed by atoms with Crippen molar-refractivity contribution in [3.05, 3.63) is 77.4 Å². The number of aryl methyl sites for hydroxylation is 2. The second-order valence-electron chi connectivity index (χ2n) is 12.2. The fourth-order valence-electron chi connectivity index (χ4n) is 6.97. The molecule has 4 aromatic rings. The highest BCUT2D eigenvalue weighted by molar-refractivity contribution is 5.69. The van der Waals surface area contributed by atoms with Crippen LogP contribution in [0.3, 0.4) is 0 Å². The molecule has 10 heteroatoms. The molecule has 3 aliphatic rings. The number of nitrogens with zero attached hydrogens (tertiary/aromatic N) is 8. The zero-order valence-corrected chi connectivity index (χ0v) is 25.8. The van der Waals surface area contributed by atoms with Crippen LogP contribution in [0.25, 0.3) is 22.8 Å². The lowest BCUT2D eigenvalue weighted by Gasteiger charge is -2.43. The van der Waals surface area contributed by atoms with Gasteiger partial charge in [0.15, 0.2) is 5.82 Å². The van der Waals surface area contributed by atoms with E-state index < -0.39 is 0 Å². The lowest BCUT2D eigenvalue weighted by Crippen LogP contribution is -2.52. The Labute approximate surface area is 259 Å². The molecule has 0 saturated carbocycles. The van der Waals surface area contributed by atoms with Gasteiger partial charge in [-0.2, -0.15) is 9.67 Å². The van der Waals surface area contributed by atoms with Crippen molar-refractivity contribution in [3.63, 3.8) is 0 Å². The van der Waals surface area contributed by atoms with E-state index in [4.69, 9.17) is 5.73 Å². The Balaban J connectivity index is 1.01. The van der Waals surface area contributed by atoms with Gasteiger partial charge in [-0.25, -0.2) is 0 Å². The van der Waals surface area contributed by atoms with Crippen molar-refractivity contribution < 1.29 is 0 Å². The molecule has 2 aromatic heterocycles. The number of likely N-dealkylation sites (tertiary alicyclic amines) is 1. The molecule has 228 valence electrons. The lowest BCUT2D eigenvalue weighted by molar-refractivity contribution is 0.0801. The van der Waals surface area contributed by atoms with Gasteiger partial charge in [0.25, 0.3) is 0 Å². The predicted molar refractivity (Wildman–Crippen MR) is 176 cm³/mol. The fourth-order valence-corrected chi connectivity index (χ4v) is 6.97. The number of piperazine rings is 1. The normalized spacial score (nSPS) is 18.5. The van der Waals surface area contributed by atoms with E-state index in [2.05, 4.69) is 109 Å². The van der Waals surface area contributed by atoms with E-state index in [0.29, 0.717) is 17.8 Å². The number of piperidine rings is 1. The Hall–Kier alpha value is -4.28. The number of likely N-dealkylation sites (N-methyl/N-ethyl adjacent to an activating group) is 1. The molecule has 0 bridgehead atoms. The molecule has 2 aliphatic heterocycles. The monoisotopic (exact) mass is 590 g/mol. The number of allylic oxidation sites excluding steroid dienone is 1. The van der Waals surface area contributed by atoms with Crippen molar-refractivity contribution >= 4 is 23.3 Å². The van der Waals surface area contributed by atoms with Gasteiger partial charge >= 0.3 is 0 Å². The van der Waals surface area contributed by atoms with Gasteiger partial charge in [0.2, 0.25) is 11.9 Å². The highest BCUT2D eigenvalue weighted by atomic mass is 15.4. The van der Waals surface area contributed by atoms with Crippen molar-refractivity contribution in [2.24, 2.45) is 0 Å². The van der Waals surface area contributed by atoms with Crippen LogP contribution in [0.5, 0.6) is 0 Å². The summed E-state index contributed by atoms with van der Waals surface area (Å²) in [6.45, 7) is 9.07. The average molecular weight is 591 g/mol. The summed E-state index contributed by atoms with van der Waals surface area (Å²) in [7, 11) is 2.23. The topological polar surface area (TPSA) is 104 Å². The summed E-state index contributed by atoms with van der Waals surface area (Å²) in [6.07, 6.45) is 7.71. The summed E-state index contributed by atoms with van der Waals surface area (Å²) >= 11 is 0. The van der Waals surface area contributed by atoms with E-state index in [0.717, 1.165) is 54.9 Å². The number of hydrogen-bond acceptors (Lipinski definition) is 9. The molecular weight excluding hydrogens is 548 g/mol. The zero-order valence-electron chi connectivity index (χ0n) is 25.8. The largest absolute Gasteiger partial charge is 0.371 e. The smallest absolute Gasteiger partial charge is 0.248 e. The van der Waals surface area contributed by atoms with Crippen LogP contribution in [0.2, 0.25) is 0 Å². The number of fused-ring (bicyclic) bond motifs is 3. The maximum Gasteiger partial charge on any atom is 0.248 e. The first kappa shape index (κ1) is 28.5. The first-order valence-electron chi connectivity index (χ1n) is 15.9. The minimum atomic E-state index is 0.267. The molecule has 0 amide bonds. The SMILES string of the molecule is C/C=C(\c1ccc(Nc2nc(N)n(-c3cc4c(nn3)-c3ccccc3CCC4)n2)cc1)N1CCC(N2CCN(C)CC2)CC1. The summed E-state index contributed by atoms with van der Waals surface area (Å²) in [5.74, 6) is 1.27. The molecular formula is C34H42N10. The third-order valence-electron chi connectivity index (χ3n) is 9.44. The summed E-state index contributed by atoms with van der Waals surface area (Å²) in [6, 6.07) is 19.7. The van der Waals surface area contributed by atoms with Crippen LogP contribution in [-0.4, -0.2) is 92.0 Å². The molecule has 0 spiro atoms. The number of benzene rings is 2. The van der Waals surface area contributed by atoms with E-state index in [1.807, 2.05) is 6.07 Å². The number of aromatic nitrogens is 5. The maximum atomic E-state index is 6.30. The number of anilines is 3. The van der Waals surface area contributed by atoms with Crippen LogP contribution in [0, 0.1) is 0 Å². The summed E-state index contributed by atoms with van der Waals surface area (Å²) in [5, 5.41) is 17.0. The predicted octanol–water partition coefficient (Wildman–Crippen LogP) is 4.61. The number of nitrogens with one attached hydrogen (secondary N) is 1. The van der Waals surface area contributed by atoms with Crippen molar-refractivity contribution in [2.45, 2.75) is 45.1 Å². The molecule has 0 radical (unpaired) electrons. The van der Waals surface area contributed by atoms with Gasteiger partial charge in [-0.3, -0.25) is 4.90 Å². The average Bonchev–Trinajstić information content (AvgIpc) is 3.31. The first-order chi connectivity index (χ1) is 21.6. The number of nitrogen functional groups attached to an aromatic ring is 1. The Bertz CT molecular complexity index is 1630. The van der Waals surface area contributed by atoms with E-state index >= 15 is 0 Å². The molecule has 1 aliphatic carbocycles. The molecule has 0 unspecified atom stereocenters. The summed E-state index contributed by atoms with van der Waals surface area (Å²) < 4.78 is 1.56. The minimum Gasteiger partial charge on any atom is -0.371 e. The van der Waals surface area contributed by atoms with Crippen LogP contribution in [0.1, 0.15) is 42.9 Å². The van der Waals surface area contributed by atoms with Gasteiger partial charge in [0.1, 0.15) is 0 Å². The van der Waals surface area contributed by atoms with Crippen molar-refractivity contribution in [2.75, 3.05) is 57.4 Å². The number of hydrogen-bond donors (Lipinski definition) is 2. The van der Waals surface area contributed by atoms with Gasteiger partial charge in [0, 0.05) is 62.3 Å². The fraction of sp³-hybridized carbons (Fsp3) is 0.412. The van der Waals surface area contributed by atoms with Gasteiger partial charge in [-0.05, 0) is 81.0 Å². The number of nitrogens with two attached hydrogens (primary N) is 1. The highest BCUT2D eigenvalue weighted by Gasteiger charge is 2.27. The van der Waals surface area contributed by atoms with E-state index in [9.17, 15) is 0 Å². The Morgan fingerprint density at radius 2 is 1.66 bits per heavy atom. The molecule has 4 heterocycles. The van der Waals surface area contributed by atoms with Crippen molar-refractivity contribution in [1.82, 2.24) is 39.7 Å². The molecule has 3 N–H and O–H groups in total. The molecule has 2 saturated heterocycles. The van der Waals surface area contributed by atoms with E-state index in [1.165, 1.54) is 55.8 Å². The van der Waals surface area contributed by atoms with Crippen LogP contribution in [-0.2, 0) is 12.8 Å². The van der Waals surface area contributed by atoms with Crippen LogP contribution in [0.4, 0.5) is 17.6 Å². The minimum absolute atomic E-state index is 0.267. The first-order valence-corrected chi connectivity index (χ1v) is 15.9. The third kappa shape index (κ3) is 5.79.